The summed E-state index contributed by atoms with van der Waals surface area (Å²) in [6, 6.07) is 9.53. The summed E-state index contributed by atoms with van der Waals surface area (Å²) < 4.78 is 9.02. The molecule has 0 bridgehead atoms. The minimum Gasteiger partial charge on any atom is -0.497 e. The molecule has 4 aromatic rings. The molecule has 0 spiro atoms. The Morgan fingerprint density at radius 3 is 2.88 bits per heavy atom. The van der Waals surface area contributed by atoms with E-state index in [2.05, 4.69) is 20.3 Å². The van der Waals surface area contributed by atoms with Crippen molar-refractivity contribution in [1.82, 2.24) is 34.4 Å². The molecule has 1 aliphatic heterocycles. The Hall–Kier alpha value is -3.72. The second kappa shape index (κ2) is 9.41. The van der Waals surface area contributed by atoms with Crippen molar-refractivity contribution in [3.8, 4) is 23.0 Å². The van der Waals surface area contributed by atoms with Gasteiger partial charge in [-0.1, -0.05) is 12.5 Å². The molecule has 1 amide bonds. The van der Waals surface area contributed by atoms with Gasteiger partial charge >= 0.3 is 0 Å². The highest BCUT2D eigenvalue weighted by atomic mass is 16.5. The number of rotatable bonds is 7. The van der Waals surface area contributed by atoms with Crippen molar-refractivity contribution in [3.05, 3.63) is 60.8 Å². The van der Waals surface area contributed by atoms with E-state index in [1.165, 1.54) is 19.3 Å². The van der Waals surface area contributed by atoms with Gasteiger partial charge in [0.05, 0.1) is 30.7 Å². The third-order valence-electron chi connectivity index (χ3n) is 5.99. The maximum Gasteiger partial charge on any atom is 0.272 e. The van der Waals surface area contributed by atoms with Gasteiger partial charge in [-0.3, -0.25) is 14.2 Å². The number of piperidine rings is 1. The predicted molar refractivity (Wildman–Crippen MR) is 125 cm³/mol. The average Bonchev–Trinajstić information content (AvgIpc) is 3.50. The zero-order chi connectivity index (χ0) is 22.6. The molecule has 1 fully saturated rings. The minimum atomic E-state index is -0.198. The normalized spacial score (nSPS) is 14.5. The fraction of sp³-hybridized carbons (Fsp3) is 0.333. The number of hydrogen-bond donors (Lipinski definition) is 1. The van der Waals surface area contributed by atoms with Gasteiger partial charge in [-0.05, 0) is 44.1 Å². The van der Waals surface area contributed by atoms with Crippen LogP contribution < -0.4 is 10.1 Å². The molecule has 0 aliphatic carbocycles. The summed E-state index contributed by atoms with van der Waals surface area (Å²) in [4.78, 5) is 24.4. The molecular weight excluding hydrogens is 418 g/mol. The molecule has 0 radical (unpaired) electrons. The summed E-state index contributed by atoms with van der Waals surface area (Å²) in [7, 11) is 1.63. The molecule has 9 nitrogen and oxygen atoms in total. The lowest BCUT2D eigenvalue weighted by atomic mass is 10.1. The van der Waals surface area contributed by atoms with Gasteiger partial charge in [-0.2, -0.15) is 5.10 Å². The maximum atomic E-state index is 13.0. The van der Waals surface area contributed by atoms with Crippen LogP contribution >= 0.6 is 0 Å². The Kier molecular flexibility index (Phi) is 6.03. The van der Waals surface area contributed by atoms with Crippen molar-refractivity contribution in [2.24, 2.45) is 0 Å². The van der Waals surface area contributed by atoms with E-state index in [0.717, 1.165) is 36.8 Å². The highest BCUT2D eigenvalue weighted by Crippen LogP contribution is 2.26. The number of amides is 1. The lowest BCUT2D eigenvalue weighted by Gasteiger charge is -2.26. The molecule has 5 rings (SSSR count). The van der Waals surface area contributed by atoms with Crippen LogP contribution in [0.25, 0.3) is 22.7 Å². The molecule has 4 heterocycles. The number of imidazole rings is 1. The van der Waals surface area contributed by atoms with Crippen LogP contribution in [0, 0.1) is 0 Å². The van der Waals surface area contributed by atoms with Crippen molar-refractivity contribution in [1.29, 1.82) is 0 Å². The van der Waals surface area contributed by atoms with Crippen LogP contribution in [-0.2, 0) is 0 Å². The van der Waals surface area contributed by atoms with Gasteiger partial charge in [0.15, 0.2) is 11.5 Å². The number of nitrogens with zero attached hydrogens (tertiary/aromatic N) is 6. The van der Waals surface area contributed by atoms with Gasteiger partial charge in [0.25, 0.3) is 5.91 Å². The summed E-state index contributed by atoms with van der Waals surface area (Å²) in [5.74, 6) is 1.16. The van der Waals surface area contributed by atoms with Gasteiger partial charge in [-0.15, -0.1) is 0 Å². The minimum absolute atomic E-state index is 0.198. The molecule has 1 saturated heterocycles. The summed E-state index contributed by atoms with van der Waals surface area (Å²) in [6.07, 6.45) is 10.6. The monoisotopic (exact) mass is 445 g/mol. The quantitative estimate of drug-likeness (QED) is 0.471. The van der Waals surface area contributed by atoms with Crippen molar-refractivity contribution in [3.63, 3.8) is 0 Å². The van der Waals surface area contributed by atoms with E-state index in [0.29, 0.717) is 23.6 Å². The number of nitrogens with one attached hydrogen (secondary N) is 1. The average molecular weight is 446 g/mol. The second-order valence-electron chi connectivity index (χ2n) is 8.10. The molecule has 0 unspecified atom stereocenters. The molecule has 0 saturated carbocycles. The van der Waals surface area contributed by atoms with Crippen LogP contribution in [0.4, 0.5) is 0 Å². The number of aromatic nitrogens is 5. The van der Waals surface area contributed by atoms with Crippen molar-refractivity contribution >= 4 is 11.4 Å². The standard InChI is InChI=1S/C24H27N7O2/c1-33-19-7-5-6-18(16-19)31-20(8-9-27-31)23-28-22(21-17-25-10-15-30(21)23)24(32)26-11-14-29-12-3-2-4-13-29/h5-10,15-17H,2-4,11-14H2,1H3,(H,26,32). The van der Waals surface area contributed by atoms with Crippen molar-refractivity contribution in [2.75, 3.05) is 33.3 Å². The number of likely N-dealkylation sites (tertiary alicyclic amines) is 1. The predicted octanol–water partition coefficient (Wildman–Crippen LogP) is 2.81. The topological polar surface area (TPSA) is 89.6 Å². The highest BCUT2D eigenvalue weighted by molar-refractivity contribution is 5.99. The fourth-order valence-corrected chi connectivity index (χ4v) is 4.30. The molecule has 9 heteroatoms. The molecule has 170 valence electrons. The first-order valence-corrected chi connectivity index (χ1v) is 11.3. The molecule has 0 atom stereocenters. The maximum absolute atomic E-state index is 13.0. The van der Waals surface area contributed by atoms with Crippen LogP contribution in [0.15, 0.2) is 55.1 Å². The lowest BCUT2D eigenvalue weighted by molar-refractivity contribution is 0.0944. The van der Waals surface area contributed by atoms with Gasteiger partial charge in [0.2, 0.25) is 0 Å². The molecule has 1 aliphatic rings. The van der Waals surface area contributed by atoms with E-state index in [9.17, 15) is 4.79 Å². The van der Waals surface area contributed by atoms with Crippen LogP contribution in [-0.4, -0.2) is 68.2 Å². The fourth-order valence-electron chi connectivity index (χ4n) is 4.30. The number of carbonyl (C=O) groups excluding carboxylic acids is 1. The third kappa shape index (κ3) is 4.31. The van der Waals surface area contributed by atoms with Gasteiger partial charge in [-0.25, -0.2) is 9.67 Å². The molecule has 3 aromatic heterocycles. The summed E-state index contributed by atoms with van der Waals surface area (Å²) in [5.41, 5.74) is 2.61. The number of hydrogen-bond acceptors (Lipinski definition) is 6. The van der Waals surface area contributed by atoms with E-state index in [-0.39, 0.29) is 5.91 Å². The number of fused-ring (bicyclic) bond motifs is 1. The first-order chi connectivity index (χ1) is 16.2. The lowest BCUT2D eigenvalue weighted by Crippen LogP contribution is -2.37. The van der Waals surface area contributed by atoms with Crippen LogP contribution in [0.3, 0.4) is 0 Å². The first kappa shape index (κ1) is 21.1. The first-order valence-electron chi connectivity index (χ1n) is 11.3. The third-order valence-corrected chi connectivity index (χ3v) is 5.99. The number of methoxy groups -OCH3 is 1. The van der Waals surface area contributed by atoms with Crippen molar-refractivity contribution < 1.29 is 9.53 Å². The van der Waals surface area contributed by atoms with E-state index < -0.39 is 0 Å². The van der Waals surface area contributed by atoms with Gasteiger partial charge < -0.3 is 15.0 Å². The van der Waals surface area contributed by atoms with E-state index >= 15 is 0 Å². The molecule has 1 N–H and O–H groups in total. The van der Waals surface area contributed by atoms with Crippen LogP contribution in [0.1, 0.15) is 29.8 Å². The van der Waals surface area contributed by atoms with Crippen LogP contribution in [0.5, 0.6) is 5.75 Å². The van der Waals surface area contributed by atoms with E-state index in [1.807, 2.05) is 40.9 Å². The molecule has 1 aromatic carbocycles. The van der Waals surface area contributed by atoms with E-state index in [4.69, 9.17) is 9.72 Å². The Balaban J connectivity index is 1.44. The Bertz CT molecular complexity index is 1260. The Labute approximate surface area is 192 Å². The SMILES string of the molecule is COc1cccc(-n2nccc2-c2nc(C(=O)NCCN3CCCCC3)c3cnccn23)c1. The largest absolute Gasteiger partial charge is 0.497 e. The summed E-state index contributed by atoms with van der Waals surface area (Å²) in [6.45, 7) is 3.65. The number of ether oxygens (including phenoxy) is 1. The Morgan fingerprint density at radius 2 is 2.03 bits per heavy atom. The highest BCUT2D eigenvalue weighted by Gasteiger charge is 2.21. The smallest absolute Gasteiger partial charge is 0.272 e. The van der Waals surface area contributed by atoms with E-state index in [1.54, 1.807) is 30.4 Å². The van der Waals surface area contributed by atoms with Crippen molar-refractivity contribution in [2.45, 2.75) is 19.3 Å². The zero-order valence-corrected chi connectivity index (χ0v) is 18.6. The molecule has 33 heavy (non-hydrogen) atoms. The van der Waals surface area contributed by atoms with Gasteiger partial charge in [0, 0.05) is 31.5 Å². The van der Waals surface area contributed by atoms with Crippen LogP contribution in [0.2, 0.25) is 0 Å². The molecular formula is C24H27N7O2. The zero-order valence-electron chi connectivity index (χ0n) is 18.6. The van der Waals surface area contributed by atoms with Gasteiger partial charge in [0.1, 0.15) is 11.4 Å². The number of carbonyl (C=O) groups is 1. The summed E-state index contributed by atoms with van der Waals surface area (Å²) in [5, 5.41) is 7.52. The Morgan fingerprint density at radius 1 is 1.15 bits per heavy atom. The summed E-state index contributed by atoms with van der Waals surface area (Å²) >= 11 is 0. The number of benzene rings is 1. The second-order valence-corrected chi connectivity index (χ2v) is 8.10.